The topological polar surface area (TPSA) is 138 Å². The first kappa shape index (κ1) is 23.9. The number of hydrogen-bond donors (Lipinski definition) is 3. The normalized spacial score (nSPS) is 14.0. The molecule has 0 spiro atoms. The molecule has 0 bridgehead atoms. The zero-order chi connectivity index (χ0) is 23.1. The van der Waals surface area contributed by atoms with E-state index < -0.39 is 65.1 Å². The molecule has 1 atom stereocenters. The van der Waals surface area contributed by atoms with Gasteiger partial charge in [-0.3, -0.25) is 9.11 Å². The SMILES string of the molecule is CC(C)Oc1ccc(C(c2ccc(O)c(S(=O)(=O)O)c2)C(F)(F)F)cc1S(=O)(=O)O. The molecule has 0 radical (unpaired) electrons. The summed E-state index contributed by atoms with van der Waals surface area (Å²) in [6.45, 7) is 3.07. The molecule has 1 unspecified atom stereocenters. The number of benzene rings is 2. The summed E-state index contributed by atoms with van der Waals surface area (Å²) in [6, 6.07) is 4.25. The van der Waals surface area contributed by atoms with Crippen molar-refractivity contribution in [3.05, 3.63) is 47.5 Å². The van der Waals surface area contributed by atoms with Crippen LogP contribution in [-0.2, 0) is 20.2 Å². The molecule has 0 saturated carbocycles. The fraction of sp³-hybridized carbons (Fsp3) is 0.294. The van der Waals surface area contributed by atoms with Crippen molar-refractivity contribution < 1.29 is 49.0 Å². The number of halogens is 3. The third-order valence-corrected chi connectivity index (χ3v) is 5.62. The van der Waals surface area contributed by atoms with Gasteiger partial charge < -0.3 is 9.84 Å². The van der Waals surface area contributed by atoms with Crippen molar-refractivity contribution in [2.75, 3.05) is 0 Å². The second kappa shape index (κ2) is 8.06. The Morgan fingerprint density at radius 2 is 1.33 bits per heavy atom. The predicted molar refractivity (Wildman–Crippen MR) is 97.8 cm³/mol. The summed E-state index contributed by atoms with van der Waals surface area (Å²) in [6.07, 6.45) is -5.59. The predicted octanol–water partition coefficient (Wildman–Crippen LogP) is 3.37. The molecule has 0 aliphatic rings. The van der Waals surface area contributed by atoms with Gasteiger partial charge in [0.25, 0.3) is 20.2 Å². The van der Waals surface area contributed by atoms with Gasteiger partial charge in [-0.15, -0.1) is 0 Å². The molecule has 0 aromatic heterocycles. The van der Waals surface area contributed by atoms with Crippen LogP contribution in [0.4, 0.5) is 13.2 Å². The fourth-order valence-electron chi connectivity index (χ4n) is 2.74. The maximum atomic E-state index is 13.8. The lowest BCUT2D eigenvalue weighted by atomic mass is 9.90. The molecule has 8 nitrogen and oxygen atoms in total. The number of phenolic OH excluding ortho intramolecular Hbond substituents is 1. The lowest BCUT2D eigenvalue weighted by Gasteiger charge is -2.23. The van der Waals surface area contributed by atoms with E-state index in [1.807, 2.05) is 0 Å². The average molecular weight is 470 g/mol. The Bertz CT molecular complexity index is 1160. The van der Waals surface area contributed by atoms with Crippen molar-refractivity contribution >= 4 is 20.2 Å². The van der Waals surface area contributed by atoms with Crippen LogP contribution in [0.1, 0.15) is 30.9 Å². The van der Waals surface area contributed by atoms with Gasteiger partial charge in [-0.05, 0) is 49.2 Å². The van der Waals surface area contributed by atoms with E-state index in [9.17, 15) is 39.7 Å². The molecule has 0 aliphatic heterocycles. The largest absolute Gasteiger partial charge is 0.506 e. The van der Waals surface area contributed by atoms with E-state index in [0.717, 1.165) is 18.2 Å². The number of ether oxygens (including phenoxy) is 1. The first-order valence-electron chi connectivity index (χ1n) is 8.17. The van der Waals surface area contributed by atoms with Gasteiger partial charge in [0.15, 0.2) is 0 Å². The minimum atomic E-state index is -5.04. The molecule has 0 saturated heterocycles. The van der Waals surface area contributed by atoms with Gasteiger partial charge >= 0.3 is 6.18 Å². The Balaban J connectivity index is 2.76. The minimum absolute atomic E-state index is 0.374. The molecule has 2 rings (SSSR count). The number of aromatic hydroxyl groups is 1. The summed E-state index contributed by atoms with van der Waals surface area (Å²) in [5.74, 6) is -3.89. The molecule has 0 aliphatic carbocycles. The number of rotatable bonds is 6. The highest BCUT2D eigenvalue weighted by Gasteiger charge is 2.43. The summed E-state index contributed by atoms with van der Waals surface area (Å²) < 4.78 is 111. The molecule has 0 fully saturated rings. The summed E-state index contributed by atoms with van der Waals surface area (Å²) in [7, 11) is -10.0. The summed E-state index contributed by atoms with van der Waals surface area (Å²) >= 11 is 0. The maximum Gasteiger partial charge on any atom is 0.399 e. The third kappa shape index (κ3) is 5.41. The number of hydrogen-bond acceptors (Lipinski definition) is 6. The van der Waals surface area contributed by atoms with Gasteiger partial charge in [0.05, 0.1) is 6.10 Å². The van der Waals surface area contributed by atoms with Crippen molar-refractivity contribution in [1.29, 1.82) is 0 Å². The van der Waals surface area contributed by atoms with Gasteiger partial charge in [-0.2, -0.15) is 30.0 Å². The van der Waals surface area contributed by atoms with Crippen molar-refractivity contribution in [3.8, 4) is 11.5 Å². The lowest BCUT2D eigenvalue weighted by molar-refractivity contribution is -0.141. The van der Waals surface area contributed by atoms with E-state index in [0.29, 0.717) is 18.2 Å². The fourth-order valence-corrected chi connectivity index (χ4v) is 4.02. The standard InChI is InChI=1S/C17H17F3O8S2/c1-9(2)28-13-6-4-11(8-15(13)30(25,26)27)16(17(18,19)20)10-3-5-12(21)14(7-10)29(22,23)24/h3-9,16,21H,1-2H3,(H,22,23,24)(H,25,26,27). The number of phenols is 1. The lowest BCUT2D eigenvalue weighted by Crippen LogP contribution is -2.23. The summed E-state index contributed by atoms with van der Waals surface area (Å²) in [4.78, 5) is -2.05. The molecule has 2 aromatic rings. The molecule has 166 valence electrons. The van der Waals surface area contributed by atoms with Gasteiger partial charge in [-0.25, -0.2) is 0 Å². The molecule has 30 heavy (non-hydrogen) atoms. The van der Waals surface area contributed by atoms with Gasteiger partial charge in [-0.1, -0.05) is 12.1 Å². The molecule has 2 aromatic carbocycles. The summed E-state index contributed by atoms with van der Waals surface area (Å²) in [5, 5.41) is 9.55. The van der Waals surface area contributed by atoms with Gasteiger partial charge in [0.1, 0.15) is 27.2 Å². The van der Waals surface area contributed by atoms with E-state index in [4.69, 9.17) is 9.29 Å². The van der Waals surface area contributed by atoms with Crippen LogP contribution in [0.5, 0.6) is 11.5 Å². The number of alkyl halides is 3. The van der Waals surface area contributed by atoms with E-state index >= 15 is 0 Å². The highest BCUT2D eigenvalue weighted by molar-refractivity contribution is 7.86. The van der Waals surface area contributed by atoms with Crippen LogP contribution in [0.3, 0.4) is 0 Å². The van der Waals surface area contributed by atoms with Crippen molar-refractivity contribution in [3.63, 3.8) is 0 Å². The van der Waals surface area contributed by atoms with Crippen LogP contribution in [0.15, 0.2) is 46.2 Å². The molecular weight excluding hydrogens is 453 g/mol. The first-order valence-corrected chi connectivity index (χ1v) is 11.0. The highest BCUT2D eigenvalue weighted by atomic mass is 32.2. The van der Waals surface area contributed by atoms with Crippen LogP contribution in [0, 0.1) is 0 Å². The molecule has 13 heteroatoms. The van der Waals surface area contributed by atoms with Crippen LogP contribution in [-0.4, -0.2) is 43.3 Å². The van der Waals surface area contributed by atoms with Gasteiger partial charge in [0.2, 0.25) is 0 Å². The van der Waals surface area contributed by atoms with Gasteiger partial charge in [0, 0.05) is 0 Å². The smallest absolute Gasteiger partial charge is 0.399 e. The molecule has 0 heterocycles. The monoisotopic (exact) mass is 470 g/mol. The second-order valence-corrected chi connectivity index (χ2v) is 9.30. The molecular formula is C17H17F3O8S2. The Morgan fingerprint density at radius 3 is 1.77 bits per heavy atom. The van der Waals surface area contributed by atoms with E-state index in [-0.39, 0.29) is 5.75 Å². The quantitative estimate of drug-likeness (QED) is 0.547. The Hall–Kier alpha value is -2.35. The van der Waals surface area contributed by atoms with Crippen molar-refractivity contribution in [1.82, 2.24) is 0 Å². The Labute approximate surface area is 170 Å². The third-order valence-electron chi connectivity index (χ3n) is 3.86. The van der Waals surface area contributed by atoms with Crippen LogP contribution >= 0.6 is 0 Å². The van der Waals surface area contributed by atoms with Crippen molar-refractivity contribution in [2.45, 2.75) is 41.8 Å². The zero-order valence-electron chi connectivity index (χ0n) is 15.5. The average Bonchev–Trinajstić information content (AvgIpc) is 2.54. The van der Waals surface area contributed by atoms with Crippen molar-refractivity contribution in [2.24, 2.45) is 0 Å². The van der Waals surface area contributed by atoms with Crippen LogP contribution in [0.2, 0.25) is 0 Å². The first-order chi connectivity index (χ1) is 13.5. The van der Waals surface area contributed by atoms with E-state index in [1.54, 1.807) is 0 Å². The Morgan fingerprint density at radius 1 is 0.867 bits per heavy atom. The molecule has 0 amide bonds. The maximum absolute atomic E-state index is 13.8. The van der Waals surface area contributed by atoms with E-state index in [2.05, 4.69) is 0 Å². The summed E-state index contributed by atoms with van der Waals surface area (Å²) in [5.41, 5.74) is -1.36. The minimum Gasteiger partial charge on any atom is -0.506 e. The second-order valence-electron chi connectivity index (χ2n) is 6.52. The van der Waals surface area contributed by atoms with Crippen LogP contribution in [0.25, 0.3) is 0 Å². The zero-order valence-corrected chi connectivity index (χ0v) is 17.1. The highest BCUT2D eigenvalue weighted by Crippen LogP contribution is 2.43. The van der Waals surface area contributed by atoms with E-state index in [1.165, 1.54) is 13.8 Å². The Kier molecular flexibility index (Phi) is 6.43. The van der Waals surface area contributed by atoms with Crippen LogP contribution < -0.4 is 4.74 Å². The molecule has 3 N–H and O–H groups in total.